The van der Waals surface area contributed by atoms with Crippen molar-refractivity contribution in [2.75, 3.05) is 6.54 Å². The number of rotatable bonds is 18. The molecule has 1 aromatic heterocycles. The molecular formula is C25H44N2O2. The second kappa shape index (κ2) is 17.4. The number of hydrogen-bond acceptors (Lipinski definition) is 3. The first-order valence-electron chi connectivity index (χ1n) is 12.0. The molecule has 0 saturated carbocycles. The van der Waals surface area contributed by atoms with Crippen LogP contribution in [0.3, 0.4) is 0 Å². The molecule has 1 atom stereocenters. The Hall–Kier alpha value is -1.42. The summed E-state index contributed by atoms with van der Waals surface area (Å²) in [5.74, 6) is -0.203. The summed E-state index contributed by atoms with van der Waals surface area (Å²) < 4.78 is 0. The third-order valence-corrected chi connectivity index (χ3v) is 5.53. The van der Waals surface area contributed by atoms with Crippen molar-refractivity contribution in [1.82, 2.24) is 9.88 Å². The third kappa shape index (κ3) is 13.4. The highest BCUT2D eigenvalue weighted by Crippen LogP contribution is 2.13. The lowest BCUT2D eigenvalue weighted by Crippen LogP contribution is -2.38. The van der Waals surface area contributed by atoms with Gasteiger partial charge in [-0.3, -0.25) is 9.78 Å². The van der Waals surface area contributed by atoms with Gasteiger partial charge in [0.15, 0.2) is 0 Å². The number of amides is 1. The molecule has 1 N–H and O–H groups in total. The maximum atomic E-state index is 12.3. The van der Waals surface area contributed by atoms with Crippen molar-refractivity contribution >= 4 is 5.91 Å². The molecule has 0 aliphatic heterocycles. The molecule has 0 unspecified atom stereocenters. The molecule has 0 saturated heterocycles. The van der Waals surface area contributed by atoms with Gasteiger partial charge in [0.25, 0.3) is 5.91 Å². The summed E-state index contributed by atoms with van der Waals surface area (Å²) in [7, 11) is 0. The number of hydrogen-bond donors (Lipinski definition) is 1. The Morgan fingerprint density at radius 3 is 1.86 bits per heavy atom. The molecule has 0 aliphatic carbocycles. The molecule has 1 rings (SSSR count). The van der Waals surface area contributed by atoms with Crippen LogP contribution in [0.5, 0.6) is 0 Å². The first-order chi connectivity index (χ1) is 14.1. The van der Waals surface area contributed by atoms with Gasteiger partial charge >= 0.3 is 0 Å². The van der Waals surface area contributed by atoms with Gasteiger partial charge in [0.05, 0.1) is 12.2 Å². The molecule has 0 bridgehead atoms. The fraction of sp³-hybridized carbons (Fsp3) is 0.760. The third-order valence-electron chi connectivity index (χ3n) is 5.53. The van der Waals surface area contributed by atoms with E-state index in [1.165, 1.54) is 77.0 Å². The van der Waals surface area contributed by atoms with E-state index in [0.717, 1.165) is 18.5 Å². The van der Waals surface area contributed by atoms with E-state index in [2.05, 4.69) is 11.9 Å². The molecule has 29 heavy (non-hydrogen) atoms. The van der Waals surface area contributed by atoms with Gasteiger partial charge in [-0.2, -0.15) is 0 Å². The largest absolute Gasteiger partial charge is 0.384 e. The SMILES string of the molecule is CCCCCCCCCCCCCCCCN(Cc1ccccn1)C(=O)[C@@H](C)O. The van der Waals surface area contributed by atoms with Gasteiger partial charge in [-0.1, -0.05) is 96.5 Å². The summed E-state index contributed by atoms with van der Waals surface area (Å²) in [5.41, 5.74) is 0.867. The Morgan fingerprint density at radius 2 is 1.41 bits per heavy atom. The van der Waals surface area contributed by atoms with Gasteiger partial charge in [-0.15, -0.1) is 0 Å². The Bertz CT molecular complexity index is 505. The average molecular weight is 405 g/mol. The van der Waals surface area contributed by atoms with E-state index in [1.54, 1.807) is 18.0 Å². The number of nitrogens with zero attached hydrogens (tertiary/aromatic N) is 2. The van der Waals surface area contributed by atoms with Crippen LogP contribution < -0.4 is 0 Å². The molecule has 0 aromatic carbocycles. The zero-order valence-electron chi connectivity index (χ0n) is 19.0. The van der Waals surface area contributed by atoms with E-state index >= 15 is 0 Å². The van der Waals surface area contributed by atoms with Crippen LogP contribution in [0, 0.1) is 0 Å². The number of aromatic nitrogens is 1. The number of aliphatic hydroxyl groups excluding tert-OH is 1. The predicted octanol–water partition coefficient (Wildman–Crippen LogP) is 6.27. The maximum Gasteiger partial charge on any atom is 0.251 e. The van der Waals surface area contributed by atoms with Crippen LogP contribution in [0.4, 0.5) is 0 Å². The Balaban J connectivity index is 2.05. The van der Waals surface area contributed by atoms with Gasteiger partial charge in [-0.25, -0.2) is 0 Å². The highest BCUT2D eigenvalue weighted by molar-refractivity contribution is 5.80. The summed E-state index contributed by atoms with van der Waals surface area (Å²) in [6.07, 6.45) is 19.3. The summed E-state index contributed by atoms with van der Waals surface area (Å²) in [5, 5.41) is 9.67. The van der Waals surface area contributed by atoms with Crippen molar-refractivity contribution < 1.29 is 9.90 Å². The van der Waals surface area contributed by atoms with Gasteiger partial charge in [0.1, 0.15) is 6.10 Å². The first-order valence-corrected chi connectivity index (χ1v) is 12.0. The number of carbonyl (C=O) groups is 1. The summed E-state index contributed by atoms with van der Waals surface area (Å²) in [6.45, 7) is 4.98. The molecule has 0 aliphatic rings. The van der Waals surface area contributed by atoms with Crippen LogP contribution in [0.1, 0.15) is 109 Å². The topological polar surface area (TPSA) is 53.4 Å². The van der Waals surface area contributed by atoms with Crippen molar-refractivity contribution in [2.45, 2.75) is 116 Å². The van der Waals surface area contributed by atoms with Crippen molar-refractivity contribution in [2.24, 2.45) is 0 Å². The molecule has 1 heterocycles. The van der Waals surface area contributed by atoms with Gasteiger partial charge in [0.2, 0.25) is 0 Å². The van der Waals surface area contributed by atoms with Gasteiger partial charge in [-0.05, 0) is 25.5 Å². The number of carbonyl (C=O) groups excluding carboxylic acids is 1. The Morgan fingerprint density at radius 1 is 0.897 bits per heavy atom. The molecule has 0 radical (unpaired) electrons. The minimum absolute atomic E-state index is 0.203. The first kappa shape index (κ1) is 25.6. The number of pyridine rings is 1. The summed E-state index contributed by atoms with van der Waals surface area (Å²) in [4.78, 5) is 18.3. The second-order valence-corrected chi connectivity index (χ2v) is 8.35. The van der Waals surface area contributed by atoms with E-state index in [0.29, 0.717) is 13.1 Å². The summed E-state index contributed by atoms with van der Waals surface area (Å²) >= 11 is 0. The van der Waals surface area contributed by atoms with Gasteiger partial charge in [0, 0.05) is 12.7 Å². The lowest BCUT2D eigenvalue weighted by molar-refractivity contribution is -0.140. The van der Waals surface area contributed by atoms with Crippen LogP contribution in [0.15, 0.2) is 24.4 Å². The van der Waals surface area contributed by atoms with E-state index < -0.39 is 6.10 Å². The van der Waals surface area contributed by atoms with Crippen LogP contribution >= 0.6 is 0 Å². The quantitative estimate of drug-likeness (QED) is 0.293. The van der Waals surface area contributed by atoms with Crippen molar-refractivity contribution in [3.05, 3.63) is 30.1 Å². The Labute approximate surface area is 179 Å². The minimum atomic E-state index is -0.953. The molecule has 1 aromatic rings. The highest BCUT2D eigenvalue weighted by Gasteiger charge is 2.18. The molecule has 166 valence electrons. The average Bonchev–Trinajstić information content (AvgIpc) is 2.73. The lowest BCUT2D eigenvalue weighted by Gasteiger charge is -2.23. The Kier molecular flexibility index (Phi) is 15.4. The molecule has 0 spiro atoms. The summed E-state index contributed by atoms with van der Waals surface area (Å²) in [6, 6.07) is 5.73. The van der Waals surface area contributed by atoms with E-state index in [4.69, 9.17) is 0 Å². The molecule has 4 nitrogen and oxygen atoms in total. The normalized spacial score (nSPS) is 12.1. The molecule has 1 amide bonds. The van der Waals surface area contributed by atoms with Crippen LogP contribution in [-0.2, 0) is 11.3 Å². The number of aliphatic hydroxyl groups is 1. The van der Waals surface area contributed by atoms with Crippen LogP contribution in [-0.4, -0.2) is 33.5 Å². The predicted molar refractivity (Wildman–Crippen MR) is 122 cm³/mol. The van der Waals surface area contributed by atoms with Crippen LogP contribution in [0.2, 0.25) is 0 Å². The smallest absolute Gasteiger partial charge is 0.251 e. The van der Waals surface area contributed by atoms with Crippen molar-refractivity contribution in [3.63, 3.8) is 0 Å². The fourth-order valence-electron chi connectivity index (χ4n) is 3.72. The van der Waals surface area contributed by atoms with E-state index in [1.807, 2.05) is 18.2 Å². The standard InChI is InChI=1S/C25H44N2O2/c1-3-4-5-6-7-8-9-10-11-12-13-14-15-18-21-27(25(29)23(2)28)22-24-19-16-17-20-26-24/h16-17,19-20,23,28H,3-15,18,21-22H2,1-2H3/t23-/m1/s1. The number of unbranched alkanes of at least 4 members (excludes halogenated alkanes) is 13. The van der Waals surface area contributed by atoms with Gasteiger partial charge < -0.3 is 10.0 Å². The van der Waals surface area contributed by atoms with E-state index in [9.17, 15) is 9.90 Å². The molecule has 4 heteroatoms. The van der Waals surface area contributed by atoms with Crippen LogP contribution in [0.25, 0.3) is 0 Å². The van der Waals surface area contributed by atoms with Crippen molar-refractivity contribution in [1.29, 1.82) is 0 Å². The monoisotopic (exact) mass is 404 g/mol. The zero-order chi connectivity index (χ0) is 21.2. The fourth-order valence-corrected chi connectivity index (χ4v) is 3.72. The highest BCUT2D eigenvalue weighted by atomic mass is 16.3. The lowest BCUT2D eigenvalue weighted by atomic mass is 10.0. The molecule has 0 fully saturated rings. The van der Waals surface area contributed by atoms with Crippen molar-refractivity contribution in [3.8, 4) is 0 Å². The minimum Gasteiger partial charge on any atom is -0.384 e. The second-order valence-electron chi connectivity index (χ2n) is 8.35. The van der Waals surface area contributed by atoms with E-state index in [-0.39, 0.29) is 5.91 Å². The maximum absolute atomic E-state index is 12.3. The zero-order valence-corrected chi connectivity index (χ0v) is 19.0. The molecular weight excluding hydrogens is 360 g/mol.